The first-order valence-electron chi connectivity index (χ1n) is 7.72. The van der Waals surface area contributed by atoms with Crippen LogP contribution >= 0.6 is 11.8 Å². The Morgan fingerprint density at radius 3 is 2.24 bits per heavy atom. The Balaban J connectivity index is 2.50. The van der Waals surface area contributed by atoms with Gasteiger partial charge in [0.2, 0.25) is 5.91 Å². The van der Waals surface area contributed by atoms with Crippen LogP contribution in [0.5, 0.6) is 0 Å². The number of rotatable bonds is 9. The molecule has 1 amide bonds. The standard InChI is InChI=1S/C17H27NO2S/c1-4-6-14(7-5-2)17(20)18-12-16(19)13-8-10-15(21-3)11-9-13/h8-11,14,16,19H,4-7,12H2,1-3H3,(H,18,20). The van der Waals surface area contributed by atoms with Gasteiger partial charge in [-0.1, -0.05) is 38.8 Å². The lowest BCUT2D eigenvalue weighted by atomic mass is 9.97. The minimum atomic E-state index is -0.645. The van der Waals surface area contributed by atoms with Crippen molar-refractivity contribution in [1.82, 2.24) is 5.32 Å². The molecule has 1 rings (SSSR count). The molecule has 0 fully saturated rings. The normalized spacial score (nSPS) is 12.4. The third-order valence-electron chi connectivity index (χ3n) is 3.62. The zero-order valence-electron chi connectivity index (χ0n) is 13.3. The van der Waals surface area contributed by atoms with Crippen molar-refractivity contribution in [2.75, 3.05) is 12.8 Å². The maximum Gasteiger partial charge on any atom is 0.223 e. The molecule has 1 aromatic rings. The van der Waals surface area contributed by atoms with Gasteiger partial charge in [-0.25, -0.2) is 0 Å². The summed E-state index contributed by atoms with van der Waals surface area (Å²) in [5.74, 6) is 0.143. The lowest BCUT2D eigenvalue weighted by molar-refractivity contribution is -0.125. The molecular formula is C17H27NO2S. The number of hydrogen-bond acceptors (Lipinski definition) is 3. The van der Waals surface area contributed by atoms with E-state index in [9.17, 15) is 9.90 Å². The molecule has 0 aliphatic heterocycles. The van der Waals surface area contributed by atoms with Crippen molar-refractivity contribution in [3.05, 3.63) is 29.8 Å². The van der Waals surface area contributed by atoms with Crippen molar-refractivity contribution in [3.8, 4) is 0 Å². The molecule has 0 aliphatic rings. The second kappa shape index (κ2) is 9.85. The van der Waals surface area contributed by atoms with Crippen LogP contribution in [0.25, 0.3) is 0 Å². The number of thioether (sulfide) groups is 1. The quantitative estimate of drug-likeness (QED) is 0.683. The summed E-state index contributed by atoms with van der Waals surface area (Å²) in [5.41, 5.74) is 0.843. The highest BCUT2D eigenvalue weighted by atomic mass is 32.2. The highest BCUT2D eigenvalue weighted by Gasteiger charge is 2.17. The summed E-state index contributed by atoms with van der Waals surface area (Å²) in [5, 5.41) is 13.0. The van der Waals surface area contributed by atoms with Crippen LogP contribution in [0.2, 0.25) is 0 Å². The first-order chi connectivity index (χ1) is 10.1. The van der Waals surface area contributed by atoms with Crippen molar-refractivity contribution < 1.29 is 9.90 Å². The zero-order chi connectivity index (χ0) is 15.7. The molecule has 0 saturated carbocycles. The van der Waals surface area contributed by atoms with E-state index in [0.29, 0.717) is 0 Å². The second-order valence-electron chi connectivity index (χ2n) is 5.31. The smallest absolute Gasteiger partial charge is 0.223 e. The summed E-state index contributed by atoms with van der Waals surface area (Å²) in [6.45, 7) is 4.47. The van der Waals surface area contributed by atoms with Crippen LogP contribution in [0.15, 0.2) is 29.2 Å². The van der Waals surface area contributed by atoms with Gasteiger partial charge >= 0.3 is 0 Å². The summed E-state index contributed by atoms with van der Waals surface area (Å²) in [4.78, 5) is 13.3. The summed E-state index contributed by atoms with van der Waals surface area (Å²) < 4.78 is 0. The van der Waals surface area contributed by atoms with Gasteiger partial charge in [0.05, 0.1) is 6.10 Å². The predicted octanol–water partition coefficient (Wildman–Crippen LogP) is 3.77. The van der Waals surface area contributed by atoms with Gasteiger partial charge in [-0.05, 0) is 36.8 Å². The topological polar surface area (TPSA) is 49.3 Å². The van der Waals surface area contributed by atoms with Crippen LogP contribution in [0.4, 0.5) is 0 Å². The molecule has 1 unspecified atom stereocenters. The van der Waals surface area contributed by atoms with Gasteiger partial charge in [-0.2, -0.15) is 0 Å². The monoisotopic (exact) mass is 309 g/mol. The maximum atomic E-state index is 12.1. The molecule has 0 bridgehead atoms. The van der Waals surface area contributed by atoms with E-state index in [1.165, 1.54) is 4.90 Å². The Hall–Kier alpha value is -1.00. The number of nitrogens with one attached hydrogen (secondary N) is 1. The fourth-order valence-corrected chi connectivity index (χ4v) is 2.80. The minimum absolute atomic E-state index is 0.0680. The van der Waals surface area contributed by atoms with Crippen molar-refractivity contribution in [3.63, 3.8) is 0 Å². The van der Waals surface area contributed by atoms with Gasteiger partial charge in [0.15, 0.2) is 0 Å². The number of aliphatic hydroxyl groups excluding tert-OH is 1. The van der Waals surface area contributed by atoms with Crippen molar-refractivity contribution in [2.45, 2.75) is 50.5 Å². The Morgan fingerprint density at radius 1 is 1.19 bits per heavy atom. The molecule has 1 atom stereocenters. The Labute approximate surface area is 132 Å². The molecule has 0 heterocycles. The average Bonchev–Trinajstić information content (AvgIpc) is 2.52. The fourth-order valence-electron chi connectivity index (χ4n) is 2.39. The molecule has 0 saturated heterocycles. The van der Waals surface area contributed by atoms with Gasteiger partial charge in [0.1, 0.15) is 0 Å². The zero-order valence-corrected chi connectivity index (χ0v) is 14.1. The van der Waals surface area contributed by atoms with Crippen LogP contribution < -0.4 is 5.32 Å². The lowest BCUT2D eigenvalue weighted by Gasteiger charge is -2.17. The van der Waals surface area contributed by atoms with Gasteiger partial charge in [0, 0.05) is 17.4 Å². The van der Waals surface area contributed by atoms with Gasteiger partial charge in [0.25, 0.3) is 0 Å². The van der Waals surface area contributed by atoms with E-state index in [-0.39, 0.29) is 18.4 Å². The number of carbonyl (C=O) groups is 1. The Kier molecular flexibility index (Phi) is 8.47. The summed E-state index contributed by atoms with van der Waals surface area (Å²) in [6.07, 6.45) is 5.23. The molecule has 1 aromatic carbocycles. The molecule has 3 nitrogen and oxygen atoms in total. The minimum Gasteiger partial charge on any atom is -0.387 e. The van der Waals surface area contributed by atoms with Crippen LogP contribution in [-0.2, 0) is 4.79 Å². The SMILES string of the molecule is CCCC(CCC)C(=O)NCC(O)c1ccc(SC)cc1. The number of benzene rings is 1. The molecule has 4 heteroatoms. The lowest BCUT2D eigenvalue weighted by Crippen LogP contribution is -2.33. The van der Waals surface area contributed by atoms with Gasteiger partial charge < -0.3 is 10.4 Å². The Morgan fingerprint density at radius 2 is 1.76 bits per heavy atom. The van der Waals surface area contributed by atoms with Crippen LogP contribution in [0.3, 0.4) is 0 Å². The van der Waals surface area contributed by atoms with Crippen LogP contribution in [-0.4, -0.2) is 23.8 Å². The predicted molar refractivity (Wildman–Crippen MR) is 89.5 cm³/mol. The molecule has 2 N–H and O–H groups in total. The van der Waals surface area contributed by atoms with E-state index in [0.717, 1.165) is 31.2 Å². The highest BCUT2D eigenvalue weighted by molar-refractivity contribution is 7.98. The molecule has 0 aliphatic carbocycles. The van der Waals surface area contributed by atoms with Crippen LogP contribution in [0, 0.1) is 5.92 Å². The Bertz CT molecular complexity index is 413. The second-order valence-corrected chi connectivity index (χ2v) is 6.19. The summed E-state index contributed by atoms with van der Waals surface area (Å²) in [6, 6.07) is 7.81. The van der Waals surface area contributed by atoms with E-state index in [2.05, 4.69) is 19.2 Å². The van der Waals surface area contributed by atoms with E-state index in [1.807, 2.05) is 30.5 Å². The van der Waals surface area contributed by atoms with Crippen LogP contribution in [0.1, 0.15) is 51.2 Å². The third kappa shape index (κ3) is 6.10. The fraction of sp³-hybridized carbons (Fsp3) is 0.588. The molecule has 0 spiro atoms. The maximum absolute atomic E-state index is 12.1. The third-order valence-corrected chi connectivity index (χ3v) is 4.36. The van der Waals surface area contributed by atoms with Crippen molar-refractivity contribution >= 4 is 17.7 Å². The number of hydrogen-bond donors (Lipinski definition) is 2. The molecular weight excluding hydrogens is 282 g/mol. The number of amides is 1. The largest absolute Gasteiger partial charge is 0.387 e. The first-order valence-corrected chi connectivity index (χ1v) is 8.94. The molecule has 118 valence electrons. The van der Waals surface area contributed by atoms with E-state index >= 15 is 0 Å². The summed E-state index contributed by atoms with van der Waals surface area (Å²) >= 11 is 1.67. The number of carbonyl (C=O) groups excluding carboxylic acids is 1. The highest BCUT2D eigenvalue weighted by Crippen LogP contribution is 2.19. The van der Waals surface area contributed by atoms with E-state index in [4.69, 9.17) is 0 Å². The number of aliphatic hydroxyl groups is 1. The molecule has 21 heavy (non-hydrogen) atoms. The first kappa shape index (κ1) is 18.1. The molecule has 0 radical (unpaired) electrons. The van der Waals surface area contributed by atoms with Gasteiger partial charge in [-0.3, -0.25) is 4.79 Å². The van der Waals surface area contributed by atoms with Gasteiger partial charge in [-0.15, -0.1) is 11.8 Å². The summed E-state index contributed by atoms with van der Waals surface area (Å²) in [7, 11) is 0. The van der Waals surface area contributed by atoms with Crippen molar-refractivity contribution in [1.29, 1.82) is 0 Å². The van der Waals surface area contributed by atoms with E-state index in [1.54, 1.807) is 11.8 Å². The average molecular weight is 309 g/mol. The van der Waals surface area contributed by atoms with Crippen molar-refractivity contribution in [2.24, 2.45) is 5.92 Å². The molecule has 0 aromatic heterocycles. The van der Waals surface area contributed by atoms with E-state index < -0.39 is 6.10 Å².